The first kappa shape index (κ1) is 16.3. The fourth-order valence-electron chi connectivity index (χ4n) is 2.38. The number of aromatic nitrogens is 1. The van der Waals surface area contributed by atoms with E-state index in [0.29, 0.717) is 18.7 Å². The maximum atomic E-state index is 12.7. The molecule has 0 aliphatic rings. The first-order chi connectivity index (χ1) is 10.6. The number of pyridine rings is 1. The van der Waals surface area contributed by atoms with Gasteiger partial charge in [-0.2, -0.15) is 0 Å². The van der Waals surface area contributed by atoms with Crippen molar-refractivity contribution >= 4 is 0 Å². The van der Waals surface area contributed by atoms with Gasteiger partial charge in [0.1, 0.15) is 5.75 Å². The molecule has 1 heterocycles. The Kier molecular flexibility index (Phi) is 5.35. The van der Waals surface area contributed by atoms with Crippen molar-refractivity contribution in [1.29, 1.82) is 0 Å². The molecule has 0 amide bonds. The van der Waals surface area contributed by atoms with Crippen molar-refractivity contribution in [3.8, 4) is 17.0 Å². The van der Waals surface area contributed by atoms with Gasteiger partial charge in [-0.15, -0.1) is 0 Å². The van der Waals surface area contributed by atoms with Crippen LogP contribution in [0.1, 0.15) is 18.5 Å². The van der Waals surface area contributed by atoms with E-state index in [0.717, 1.165) is 17.0 Å². The van der Waals surface area contributed by atoms with E-state index in [1.54, 1.807) is 24.9 Å². The fourth-order valence-corrected chi connectivity index (χ4v) is 2.38. The molecule has 5 nitrogen and oxygen atoms in total. The van der Waals surface area contributed by atoms with Crippen LogP contribution in [0, 0.1) is 0 Å². The summed E-state index contributed by atoms with van der Waals surface area (Å²) in [5, 5.41) is 0. The van der Waals surface area contributed by atoms with Gasteiger partial charge in [-0.25, -0.2) is 0 Å². The predicted octanol–water partition coefficient (Wildman–Crippen LogP) is 2.19. The molecule has 0 spiro atoms. The molecule has 1 aromatic heterocycles. The lowest BCUT2D eigenvalue weighted by Crippen LogP contribution is -2.29. The Morgan fingerprint density at radius 1 is 1.23 bits per heavy atom. The molecule has 1 atom stereocenters. The molecule has 2 N–H and O–H groups in total. The van der Waals surface area contributed by atoms with E-state index in [-0.39, 0.29) is 11.6 Å². The summed E-state index contributed by atoms with van der Waals surface area (Å²) in [6.07, 6.45) is 0. The molecule has 1 unspecified atom stereocenters. The number of hydrogen-bond acceptors (Lipinski definition) is 4. The molecule has 0 saturated heterocycles. The summed E-state index contributed by atoms with van der Waals surface area (Å²) in [6.45, 7) is 2.74. The Labute approximate surface area is 130 Å². The van der Waals surface area contributed by atoms with Crippen LogP contribution in [0.3, 0.4) is 0 Å². The van der Waals surface area contributed by atoms with Crippen LogP contribution in [0.4, 0.5) is 0 Å². The van der Waals surface area contributed by atoms with E-state index in [9.17, 15) is 4.79 Å². The third-order valence-electron chi connectivity index (χ3n) is 3.58. The summed E-state index contributed by atoms with van der Waals surface area (Å²) < 4.78 is 12.1. The van der Waals surface area contributed by atoms with Crippen molar-refractivity contribution in [2.75, 3.05) is 20.8 Å². The van der Waals surface area contributed by atoms with Crippen molar-refractivity contribution in [2.24, 2.45) is 5.73 Å². The van der Waals surface area contributed by atoms with Gasteiger partial charge in [0.05, 0.1) is 19.4 Å². The second-order valence-electron chi connectivity index (χ2n) is 5.14. The SMILES string of the molecule is COCCn1c(-c2cccc(OC)c2)ccc(C(C)N)c1=O. The number of rotatable bonds is 6. The maximum Gasteiger partial charge on any atom is 0.255 e. The molecule has 0 aliphatic carbocycles. The lowest BCUT2D eigenvalue weighted by molar-refractivity contribution is 0.186. The first-order valence-corrected chi connectivity index (χ1v) is 7.21. The van der Waals surface area contributed by atoms with Gasteiger partial charge in [-0.3, -0.25) is 4.79 Å². The van der Waals surface area contributed by atoms with Crippen LogP contribution in [0.5, 0.6) is 5.75 Å². The highest BCUT2D eigenvalue weighted by Gasteiger charge is 2.13. The Morgan fingerprint density at radius 2 is 2.00 bits per heavy atom. The smallest absolute Gasteiger partial charge is 0.255 e. The zero-order valence-electron chi connectivity index (χ0n) is 13.2. The minimum Gasteiger partial charge on any atom is -0.497 e. The van der Waals surface area contributed by atoms with E-state index in [1.165, 1.54) is 0 Å². The largest absolute Gasteiger partial charge is 0.497 e. The van der Waals surface area contributed by atoms with Gasteiger partial charge in [0.15, 0.2) is 0 Å². The van der Waals surface area contributed by atoms with Gasteiger partial charge >= 0.3 is 0 Å². The number of methoxy groups -OCH3 is 2. The third kappa shape index (κ3) is 3.37. The van der Waals surface area contributed by atoms with Crippen LogP contribution < -0.4 is 16.0 Å². The van der Waals surface area contributed by atoms with Crippen molar-refractivity contribution in [3.63, 3.8) is 0 Å². The van der Waals surface area contributed by atoms with E-state index < -0.39 is 0 Å². The van der Waals surface area contributed by atoms with Crippen molar-refractivity contribution in [2.45, 2.75) is 19.5 Å². The van der Waals surface area contributed by atoms with Crippen molar-refractivity contribution in [1.82, 2.24) is 4.57 Å². The van der Waals surface area contributed by atoms with Crippen LogP contribution in [0.15, 0.2) is 41.2 Å². The molecular weight excluding hydrogens is 280 g/mol. The summed E-state index contributed by atoms with van der Waals surface area (Å²) in [4.78, 5) is 12.7. The number of hydrogen-bond donors (Lipinski definition) is 1. The molecular formula is C17H22N2O3. The molecule has 118 valence electrons. The van der Waals surface area contributed by atoms with E-state index in [4.69, 9.17) is 15.2 Å². The lowest BCUT2D eigenvalue weighted by Gasteiger charge is -2.16. The monoisotopic (exact) mass is 302 g/mol. The van der Waals surface area contributed by atoms with Gasteiger partial charge in [-0.1, -0.05) is 12.1 Å². The summed E-state index contributed by atoms with van der Waals surface area (Å²) >= 11 is 0. The topological polar surface area (TPSA) is 66.5 Å². The summed E-state index contributed by atoms with van der Waals surface area (Å²) in [5.41, 5.74) is 8.15. The predicted molar refractivity (Wildman–Crippen MR) is 87.2 cm³/mol. The fraction of sp³-hybridized carbons (Fsp3) is 0.353. The second-order valence-corrected chi connectivity index (χ2v) is 5.14. The summed E-state index contributed by atoms with van der Waals surface area (Å²) in [7, 11) is 3.24. The van der Waals surface area contributed by atoms with Gasteiger partial charge in [0.2, 0.25) is 0 Å². The van der Waals surface area contributed by atoms with Crippen LogP contribution in [-0.2, 0) is 11.3 Å². The zero-order chi connectivity index (χ0) is 16.1. The molecule has 0 fully saturated rings. The summed E-state index contributed by atoms with van der Waals surface area (Å²) in [5.74, 6) is 0.750. The average Bonchev–Trinajstić information content (AvgIpc) is 2.53. The third-order valence-corrected chi connectivity index (χ3v) is 3.58. The molecule has 22 heavy (non-hydrogen) atoms. The Hall–Kier alpha value is -2.11. The molecule has 0 radical (unpaired) electrons. The molecule has 2 rings (SSSR count). The van der Waals surface area contributed by atoms with Crippen LogP contribution in [-0.4, -0.2) is 25.4 Å². The minimum absolute atomic E-state index is 0.0765. The number of benzene rings is 1. The van der Waals surface area contributed by atoms with Crippen molar-refractivity contribution in [3.05, 3.63) is 52.3 Å². The van der Waals surface area contributed by atoms with E-state index >= 15 is 0 Å². The standard InChI is InChI=1S/C17H22N2O3/c1-12(18)15-7-8-16(19(17(15)20)9-10-21-2)13-5-4-6-14(11-13)22-3/h4-8,11-12H,9-10,18H2,1-3H3. The van der Waals surface area contributed by atoms with Crippen LogP contribution in [0.25, 0.3) is 11.3 Å². The Balaban J connectivity index is 2.58. The minimum atomic E-state index is -0.305. The highest BCUT2D eigenvalue weighted by molar-refractivity contribution is 5.62. The molecule has 1 aromatic carbocycles. The first-order valence-electron chi connectivity index (χ1n) is 7.21. The van der Waals surface area contributed by atoms with Gasteiger partial charge < -0.3 is 19.8 Å². The van der Waals surface area contributed by atoms with Gasteiger partial charge in [-0.05, 0) is 31.2 Å². The average molecular weight is 302 g/mol. The van der Waals surface area contributed by atoms with Gasteiger partial charge in [0, 0.05) is 30.8 Å². The quantitative estimate of drug-likeness (QED) is 0.888. The van der Waals surface area contributed by atoms with E-state index in [1.807, 2.05) is 37.3 Å². The lowest BCUT2D eigenvalue weighted by atomic mass is 10.1. The van der Waals surface area contributed by atoms with Crippen LogP contribution in [0.2, 0.25) is 0 Å². The summed E-state index contributed by atoms with van der Waals surface area (Å²) in [6, 6.07) is 11.0. The van der Waals surface area contributed by atoms with Crippen molar-refractivity contribution < 1.29 is 9.47 Å². The molecule has 0 bridgehead atoms. The molecule has 0 saturated carbocycles. The van der Waals surface area contributed by atoms with Gasteiger partial charge in [0.25, 0.3) is 5.56 Å². The Morgan fingerprint density at radius 3 is 2.64 bits per heavy atom. The number of nitrogens with two attached hydrogens (primary N) is 1. The number of ether oxygens (including phenoxy) is 2. The number of nitrogens with zero attached hydrogens (tertiary/aromatic N) is 1. The zero-order valence-corrected chi connectivity index (χ0v) is 13.2. The van der Waals surface area contributed by atoms with E-state index in [2.05, 4.69) is 0 Å². The highest BCUT2D eigenvalue weighted by atomic mass is 16.5. The second kappa shape index (κ2) is 7.24. The maximum absolute atomic E-state index is 12.7. The van der Waals surface area contributed by atoms with Crippen LogP contribution >= 0.6 is 0 Å². The highest BCUT2D eigenvalue weighted by Crippen LogP contribution is 2.23. The Bertz CT molecular complexity index is 693. The molecule has 0 aliphatic heterocycles. The normalized spacial score (nSPS) is 12.2. The molecule has 5 heteroatoms. The molecule has 2 aromatic rings.